The summed E-state index contributed by atoms with van der Waals surface area (Å²) in [6, 6.07) is 5.85. The zero-order valence-electron chi connectivity index (χ0n) is 13.7. The zero-order valence-corrected chi connectivity index (χ0v) is 14.6. The van der Waals surface area contributed by atoms with Gasteiger partial charge in [0, 0.05) is 18.7 Å². The Kier molecular flexibility index (Phi) is 5.18. The summed E-state index contributed by atoms with van der Waals surface area (Å²) in [5, 5.41) is 8.01. The van der Waals surface area contributed by atoms with Crippen molar-refractivity contribution >= 4 is 17.7 Å². The molecule has 24 heavy (non-hydrogen) atoms. The van der Waals surface area contributed by atoms with Crippen LogP contribution in [0.15, 0.2) is 33.9 Å². The van der Waals surface area contributed by atoms with Gasteiger partial charge in [-0.3, -0.25) is 4.79 Å². The lowest BCUT2D eigenvalue weighted by molar-refractivity contribution is -0.131. The van der Waals surface area contributed by atoms with Crippen molar-refractivity contribution in [3.63, 3.8) is 0 Å². The minimum Gasteiger partial charge on any atom is -0.411 e. The van der Waals surface area contributed by atoms with Crippen LogP contribution in [0.3, 0.4) is 0 Å². The van der Waals surface area contributed by atoms with E-state index in [-0.39, 0.29) is 17.0 Å². The van der Waals surface area contributed by atoms with Gasteiger partial charge in [0.2, 0.25) is 11.8 Å². The SMILES string of the molecule is CC1CCN(C(=O)[C@H](C)Sc2nnc(-c3ccc(F)cc3)o2)CC1. The van der Waals surface area contributed by atoms with Crippen molar-refractivity contribution in [3.8, 4) is 11.5 Å². The van der Waals surface area contributed by atoms with Crippen LogP contribution in [0.4, 0.5) is 4.39 Å². The van der Waals surface area contributed by atoms with Gasteiger partial charge in [-0.2, -0.15) is 0 Å². The highest BCUT2D eigenvalue weighted by Gasteiger charge is 2.26. The molecule has 1 fully saturated rings. The first-order valence-electron chi connectivity index (χ1n) is 8.08. The largest absolute Gasteiger partial charge is 0.411 e. The second-order valence-electron chi connectivity index (χ2n) is 6.15. The molecule has 1 aliphatic heterocycles. The van der Waals surface area contributed by atoms with Gasteiger partial charge in [-0.15, -0.1) is 10.2 Å². The first-order chi connectivity index (χ1) is 11.5. The number of hydrogen-bond donors (Lipinski definition) is 0. The van der Waals surface area contributed by atoms with Crippen molar-refractivity contribution in [2.45, 2.75) is 37.2 Å². The Labute approximate surface area is 144 Å². The molecule has 7 heteroatoms. The number of piperidine rings is 1. The molecule has 0 N–H and O–H groups in total. The highest BCUT2D eigenvalue weighted by Crippen LogP contribution is 2.28. The van der Waals surface area contributed by atoms with Gasteiger partial charge in [0.05, 0.1) is 5.25 Å². The number of amides is 1. The Hall–Kier alpha value is -1.89. The zero-order chi connectivity index (χ0) is 17.1. The molecule has 1 atom stereocenters. The molecule has 1 amide bonds. The van der Waals surface area contributed by atoms with Crippen LogP contribution in [-0.2, 0) is 4.79 Å². The molecule has 0 spiro atoms. The average Bonchev–Trinajstić information content (AvgIpc) is 3.04. The fourth-order valence-electron chi connectivity index (χ4n) is 2.65. The first kappa shape index (κ1) is 17.0. The van der Waals surface area contributed by atoms with Crippen molar-refractivity contribution in [1.29, 1.82) is 0 Å². The van der Waals surface area contributed by atoms with E-state index in [1.54, 1.807) is 12.1 Å². The smallest absolute Gasteiger partial charge is 0.277 e. The predicted octanol–water partition coefficient (Wildman–Crippen LogP) is 3.61. The lowest BCUT2D eigenvalue weighted by Crippen LogP contribution is -2.41. The number of halogens is 1. The average molecular weight is 349 g/mol. The summed E-state index contributed by atoms with van der Waals surface area (Å²) in [6.07, 6.45) is 2.11. The molecule has 2 heterocycles. The molecule has 128 valence electrons. The third kappa shape index (κ3) is 3.95. The van der Waals surface area contributed by atoms with E-state index < -0.39 is 0 Å². The Balaban J connectivity index is 1.61. The molecule has 0 unspecified atom stereocenters. The van der Waals surface area contributed by atoms with Crippen LogP contribution in [0.1, 0.15) is 26.7 Å². The molecule has 0 aliphatic carbocycles. The first-order valence-corrected chi connectivity index (χ1v) is 8.96. The van der Waals surface area contributed by atoms with Gasteiger partial charge in [-0.05, 0) is 49.9 Å². The van der Waals surface area contributed by atoms with E-state index in [2.05, 4.69) is 17.1 Å². The summed E-state index contributed by atoms with van der Waals surface area (Å²) in [7, 11) is 0. The number of carbonyl (C=O) groups excluding carboxylic acids is 1. The molecule has 1 aromatic heterocycles. The fourth-order valence-corrected chi connectivity index (χ4v) is 3.42. The summed E-state index contributed by atoms with van der Waals surface area (Å²) < 4.78 is 18.5. The number of hydrogen-bond acceptors (Lipinski definition) is 5. The third-order valence-corrected chi connectivity index (χ3v) is 5.14. The normalized spacial score (nSPS) is 17.0. The summed E-state index contributed by atoms with van der Waals surface area (Å²) >= 11 is 1.26. The van der Waals surface area contributed by atoms with Crippen molar-refractivity contribution < 1.29 is 13.6 Å². The van der Waals surface area contributed by atoms with Crippen LogP contribution >= 0.6 is 11.8 Å². The minimum absolute atomic E-state index is 0.105. The Morgan fingerprint density at radius 3 is 2.62 bits per heavy atom. The highest BCUT2D eigenvalue weighted by atomic mass is 32.2. The van der Waals surface area contributed by atoms with Crippen LogP contribution in [0.2, 0.25) is 0 Å². The Morgan fingerprint density at radius 2 is 1.96 bits per heavy atom. The van der Waals surface area contributed by atoms with Crippen molar-refractivity contribution in [2.75, 3.05) is 13.1 Å². The van der Waals surface area contributed by atoms with Crippen LogP contribution in [0, 0.1) is 11.7 Å². The maximum Gasteiger partial charge on any atom is 0.277 e. The third-order valence-electron chi connectivity index (χ3n) is 4.22. The number of carbonyl (C=O) groups is 1. The quantitative estimate of drug-likeness (QED) is 0.789. The molecular formula is C17H20FN3O2S. The lowest BCUT2D eigenvalue weighted by Gasteiger charge is -2.31. The summed E-state index contributed by atoms with van der Waals surface area (Å²) in [5.74, 6) is 0.798. The van der Waals surface area contributed by atoms with E-state index in [1.165, 1.54) is 23.9 Å². The molecule has 1 aliphatic rings. The van der Waals surface area contributed by atoms with Crippen LogP contribution < -0.4 is 0 Å². The van der Waals surface area contributed by atoms with Crippen LogP contribution in [0.5, 0.6) is 0 Å². The van der Waals surface area contributed by atoms with E-state index in [0.29, 0.717) is 22.6 Å². The Morgan fingerprint density at radius 1 is 1.29 bits per heavy atom. The maximum atomic E-state index is 13.0. The van der Waals surface area contributed by atoms with Crippen LogP contribution in [-0.4, -0.2) is 39.3 Å². The molecule has 2 aromatic rings. The number of rotatable bonds is 4. The van der Waals surface area contributed by atoms with Crippen molar-refractivity contribution in [2.24, 2.45) is 5.92 Å². The summed E-state index contributed by atoms with van der Waals surface area (Å²) in [4.78, 5) is 14.4. The van der Waals surface area contributed by atoms with E-state index in [4.69, 9.17) is 4.42 Å². The van der Waals surface area contributed by atoms with Gasteiger partial charge in [-0.1, -0.05) is 18.7 Å². The fraction of sp³-hybridized carbons (Fsp3) is 0.471. The van der Waals surface area contributed by atoms with Gasteiger partial charge >= 0.3 is 0 Å². The monoisotopic (exact) mass is 349 g/mol. The molecular weight excluding hydrogens is 329 g/mol. The Bertz CT molecular complexity index is 696. The van der Waals surface area contributed by atoms with Gasteiger partial charge in [0.15, 0.2) is 0 Å². The van der Waals surface area contributed by atoms with Gasteiger partial charge in [0.1, 0.15) is 5.82 Å². The van der Waals surface area contributed by atoms with Crippen molar-refractivity contribution in [1.82, 2.24) is 15.1 Å². The molecule has 0 saturated carbocycles. The minimum atomic E-state index is -0.317. The number of aromatic nitrogens is 2. The molecule has 0 bridgehead atoms. The topological polar surface area (TPSA) is 59.2 Å². The van der Waals surface area contributed by atoms with Gasteiger partial charge < -0.3 is 9.32 Å². The van der Waals surface area contributed by atoms with Gasteiger partial charge in [-0.25, -0.2) is 4.39 Å². The molecule has 1 saturated heterocycles. The molecule has 5 nitrogen and oxygen atoms in total. The number of likely N-dealkylation sites (tertiary alicyclic amines) is 1. The second-order valence-corrected chi connectivity index (χ2v) is 7.44. The van der Waals surface area contributed by atoms with E-state index in [9.17, 15) is 9.18 Å². The van der Waals surface area contributed by atoms with Crippen LogP contribution in [0.25, 0.3) is 11.5 Å². The lowest BCUT2D eigenvalue weighted by atomic mass is 9.99. The van der Waals surface area contributed by atoms with Crippen molar-refractivity contribution in [3.05, 3.63) is 30.1 Å². The predicted molar refractivity (Wildman–Crippen MR) is 90.0 cm³/mol. The molecule has 3 rings (SSSR count). The van der Waals surface area contributed by atoms with Gasteiger partial charge in [0.25, 0.3) is 5.22 Å². The second kappa shape index (κ2) is 7.34. The number of thioether (sulfide) groups is 1. The molecule has 1 aromatic carbocycles. The summed E-state index contributed by atoms with van der Waals surface area (Å²) in [6.45, 7) is 5.70. The summed E-state index contributed by atoms with van der Waals surface area (Å²) in [5.41, 5.74) is 0.653. The highest BCUT2D eigenvalue weighted by molar-refractivity contribution is 8.00. The maximum absolute atomic E-state index is 13.0. The van der Waals surface area contributed by atoms with E-state index in [0.717, 1.165) is 25.9 Å². The number of benzene rings is 1. The standard InChI is InChI=1S/C17H20FN3O2S/c1-11-7-9-21(10-8-11)16(22)12(2)24-17-20-19-15(23-17)13-3-5-14(18)6-4-13/h3-6,11-12H,7-10H2,1-2H3/t12-/m0/s1. The molecule has 0 radical (unpaired) electrons. The number of nitrogens with zero attached hydrogens (tertiary/aromatic N) is 3. The van der Waals surface area contributed by atoms with E-state index >= 15 is 0 Å². The van der Waals surface area contributed by atoms with E-state index in [1.807, 2.05) is 11.8 Å².